The maximum absolute atomic E-state index is 13.4. The zero-order valence-corrected chi connectivity index (χ0v) is 18.0. The van der Waals surface area contributed by atoms with E-state index in [4.69, 9.17) is 9.47 Å². The Balaban J connectivity index is 1.51. The predicted molar refractivity (Wildman–Crippen MR) is 118 cm³/mol. The molecule has 4 rings (SSSR count). The molecule has 2 saturated heterocycles. The van der Waals surface area contributed by atoms with Crippen LogP contribution in [-0.2, 0) is 16.1 Å². The number of benzene rings is 2. The molecule has 2 amide bonds. The molecule has 2 atom stereocenters. The van der Waals surface area contributed by atoms with Crippen molar-refractivity contribution in [1.82, 2.24) is 9.80 Å². The number of rotatable bonds is 7. The molecule has 2 heterocycles. The number of unbranched alkanes of at least 4 members (excludes halogenated alkanes) is 1. The van der Waals surface area contributed by atoms with Gasteiger partial charge in [0.25, 0.3) is 5.91 Å². The molecule has 0 spiro atoms. The van der Waals surface area contributed by atoms with Gasteiger partial charge in [-0.15, -0.1) is 0 Å². The number of ether oxygens (including phenoxy) is 2. The molecular weight excluding hydrogens is 392 g/mol. The van der Waals surface area contributed by atoms with Crippen LogP contribution >= 0.6 is 0 Å². The minimum absolute atomic E-state index is 0.0733. The first-order valence-corrected chi connectivity index (χ1v) is 11.1. The molecule has 0 radical (unpaired) electrons. The van der Waals surface area contributed by atoms with Crippen LogP contribution in [0.15, 0.2) is 54.6 Å². The van der Waals surface area contributed by atoms with E-state index in [1.54, 1.807) is 4.90 Å². The molecule has 31 heavy (non-hydrogen) atoms. The lowest BCUT2D eigenvalue weighted by atomic mass is 10.1. The summed E-state index contributed by atoms with van der Waals surface area (Å²) < 4.78 is 11.9. The van der Waals surface area contributed by atoms with Crippen LogP contribution in [0, 0.1) is 0 Å². The monoisotopic (exact) mass is 422 g/mol. The second kappa shape index (κ2) is 9.96. The molecule has 6 nitrogen and oxygen atoms in total. The molecule has 6 heteroatoms. The molecule has 0 aromatic heterocycles. The predicted octanol–water partition coefficient (Wildman–Crippen LogP) is 3.51. The van der Waals surface area contributed by atoms with E-state index in [9.17, 15) is 9.59 Å². The van der Waals surface area contributed by atoms with Gasteiger partial charge < -0.3 is 19.3 Å². The highest BCUT2D eigenvalue weighted by atomic mass is 16.5. The summed E-state index contributed by atoms with van der Waals surface area (Å²) in [6.45, 7) is 4.57. The van der Waals surface area contributed by atoms with Gasteiger partial charge in [0, 0.05) is 19.6 Å². The van der Waals surface area contributed by atoms with E-state index >= 15 is 0 Å². The molecule has 164 valence electrons. The van der Waals surface area contributed by atoms with Crippen LogP contribution in [0.5, 0.6) is 5.75 Å². The van der Waals surface area contributed by atoms with Crippen LogP contribution in [0.25, 0.3) is 0 Å². The van der Waals surface area contributed by atoms with Gasteiger partial charge in [-0.25, -0.2) is 0 Å². The van der Waals surface area contributed by atoms with Gasteiger partial charge in [-0.1, -0.05) is 55.8 Å². The number of amides is 2. The van der Waals surface area contributed by atoms with Crippen LogP contribution in [0.3, 0.4) is 0 Å². The van der Waals surface area contributed by atoms with Gasteiger partial charge in [0.1, 0.15) is 5.75 Å². The smallest absolute Gasteiger partial charge is 0.257 e. The highest BCUT2D eigenvalue weighted by molar-refractivity contribution is 5.97. The molecule has 2 aromatic rings. The second-order valence-corrected chi connectivity index (χ2v) is 8.14. The van der Waals surface area contributed by atoms with Crippen molar-refractivity contribution in [3.63, 3.8) is 0 Å². The third kappa shape index (κ3) is 4.90. The number of hydrogen-bond acceptors (Lipinski definition) is 4. The van der Waals surface area contributed by atoms with Crippen molar-refractivity contribution in [3.05, 3.63) is 65.7 Å². The Hall–Kier alpha value is -2.86. The van der Waals surface area contributed by atoms with Gasteiger partial charge >= 0.3 is 0 Å². The van der Waals surface area contributed by atoms with Gasteiger partial charge in [-0.05, 0) is 24.1 Å². The van der Waals surface area contributed by atoms with Crippen molar-refractivity contribution in [3.8, 4) is 5.75 Å². The van der Waals surface area contributed by atoms with E-state index in [1.807, 2.05) is 59.5 Å². The van der Waals surface area contributed by atoms with E-state index in [0.717, 1.165) is 18.4 Å². The molecule has 2 aliphatic rings. The number of nitrogens with zero attached hydrogens (tertiary/aromatic N) is 2. The molecular formula is C25H30N2O4. The van der Waals surface area contributed by atoms with E-state index in [2.05, 4.69) is 6.92 Å². The van der Waals surface area contributed by atoms with Crippen molar-refractivity contribution >= 4 is 11.8 Å². The van der Waals surface area contributed by atoms with Crippen molar-refractivity contribution in [2.75, 3.05) is 26.3 Å². The summed E-state index contributed by atoms with van der Waals surface area (Å²) in [6.07, 6.45) is 2.18. The van der Waals surface area contributed by atoms with Gasteiger partial charge in [0.15, 0.2) is 0 Å². The van der Waals surface area contributed by atoms with Crippen LogP contribution in [0.1, 0.15) is 42.1 Å². The summed E-state index contributed by atoms with van der Waals surface area (Å²) in [4.78, 5) is 29.9. The van der Waals surface area contributed by atoms with Gasteiger partial charge in [0.05, 0.1) is 37.3 Å². The molecule has 0 bridgehead atoms. The third-order valence-electron chi connectivity index (χ3n) is 5.96. The van der Waals surface area contributed by atoms with Crippen LogP contribution in [0.4, 0.5) is 0 Å². The molecule has 0 N–H and O–H groups in total. The van der Waals surface area contributed by atoms with Crippen molar-refractivity contribution in [2.24, 2.45) is 0 Å². The highest BCUT2D eigenvalue weighted by Crippen LogP contribution is 2.28. The molecule has 2 fully saturated rings. The van der Waals surface area contributed by atoms with Crippen molar-refractivity contribution < 1.29 is 19.1 Å². The summed E-state index contributed by atoms with van der Waals surface area (Å²) in [5.74, 6) is 0.621. The van der Waals surface area contributed by atoms with Gasteiger partial charge in [-0.2, -0.15) is 0 Å². The lowest BCUT2D eigenvalue weighted by molar-refractivity contribution is -0.133. The maximum Gasteiger partial charge on any atom is 0.257 e. The number of carbonyl (C=O) groups is 2. The fourth-order valence-electron chi connectivity index (χ4n) is 4.26. The minimum Gasteiger partial charge on any atom is -0.493 e. The second-order valence-electron chi connectivity index (χ2n) is 8.14. The first kappa shape index (κ1) is 21.4. The Morgan fingerprint density at radius 3 is 2.68 bits per heavy atom. The van der Waals surface area contributed by atoms with Crippen molar-refractivity contribution in [2.45, 2.75) is 44.9 Å². The SMILES string of the molecule is CCCCOc1ccccc1C(=O)N1C[C@@H]2OCCC(=O)N(Cc3ccccc3)[C@H]2C1. The Bertz CT molecular complexity index is 901. The maximum atomic E-state index is 13.4. The Morgan fingerprint density at radius 2 is 1.87 bits per heavy atom. The highest BCUT2D eigenvalue weighted by Gasteiger charge is 2.43. The zero-order valence-electron chi connectivity index (χ0n) is 18.0. The number of carbonyl (C=O) groups excluding carboxylic acids is 2. The Morgan fingerprint density at radius 1 is 1.10 bits per heavy atom. The lowest BCUT2D eigenvalue weighted by Crippen LogP contribution is -2.45. The third-order valence-corrected chi connectivity index (χ3v) is 5.96. The minimum atomic E-state index is -0.174. The zero-order chi connectivity index (χ0) is 21.6. The first-order chi connectivity index (χ1) is 15.2. The van der Waals surface area contributed by atoms with Crippen LogP contribution in [0.2, 0.25) is 0 Å². The molecule has 2 aromatic carbocycles. The standard InChI is InChI=1S/C25H30N2O4/c1-2-3-14-30-22-12-8-7-11-20(22)25(29)26-17-21-23(18-26)31-15-13-24(28)27(21)16-19-9-5-4-6-10-19/h4-12,21,23H,2-3,13-18H2,1H3/t21-,23-/m0/s1. The van der Waals surface area contributed by atoms with E-state index in [1.165, 1.54) is 0 Å². The quantitative estimate of drug-likeness (QED) is 0.641. The first-order valence-electron chi connectivity index (χ1n) is 11.1. The molecule has 0 aliphatic carbocycles. The summed E-state index contributed by atoms with van der Waals surface area (Å²) >= 11 is 0. The Labute approximate surface area is 183 Å². The summed E-state index contributed by atoms with van der Waals surface area (Å²) in [5.41, 5.74) is 1.65. The van der Waals surface area contributed by atoms with Gasteiger partial charge in [-0.3, -0.25) is 9.59 Å². The average Bonchev–Trinajstić information content (AvgIpc) is 3.16. The molecule has 0 unspecified atom stereocenters. The average molecular weight is 423 g/mol. The van der Waals surface area contributed by atoms with Crippen molar-refractivity contribution in [1.29, 1.82) is 0 Å². The summed E-state index contributed by atoms with van der Waals surface area (Å²) in [6, 6.07) is 17.2. The fourth-order valence-corrected chi connectivity index (χ4v) is 4.26. The molecule has 2 aliphatic heterocycles. The Kier molecular flexibility index (Phi) is 6.87. The fraction of sp³-hybridized carbons (Fsp3) is 0.440. The number of hydrogen-bond donors (Lipinski definition) is 0. The molecule has 0 saturated carbocycles. The summed E-state index contributed by atoms with van der Waals surface area (Å²) in [5, 5.41) is 0. The lowest BCUT2D eigenvalue weighted by Gasteiger charge is -2.29. The number of likely N-dealkylation sites (tertiary alicyclic amines) is 1. The van der Waals surface area contributed by atoms with Gasteiger partial charge in [0.2, 0.25) is 5.91 Å². The van der Waals surface area contributed by atoms with Crippen LogP contribution < -0.4 is 4.74 Å². The van der Waals surface area contributed by atoms with Crippen LogP contribution in [-0.4, -0.2) is 60.1 Å². The summed E-state index contributed by atoms with van der Waals surface area (Å²) in [7, 11) is 0. The number of para-hydroxylation sites is 1. The number of fused-ring (bicyclic) bond motifs is 1. The largest absolute Gasteiger partial charge is 0.493 e. The van der Waals surface area contributed by atoms with E-state index in [-0.39, 0.29) is 24.0 Å². The van der Waals surface area contributed by atoms with E-state index in [0.29, 0.717) is 50.6 Å². The normalized spacial score (nSPS) is 21.0. The van der Waals surface area contributed by atoms with E-state index < -0.39 is 0 Å². The topological polar surface area (TPSA) is 59.1 Å².